The van der Waals surface area contributed by atoms with Crippen molar-refractivity contribution in [1.82, 2.24) is 0 Å². The highest BCUT2D eigenvalue weighted by atomic mass is 32.1. The second-order valence-corrected chi connectivity index (χ2v) is 7.32. The SMILES string of the molecule is Cc1c(OCC(O)C[N+](O)(O)O)cc2c(=O)c3ccccc3sc2c1C. The Morgan fingerprint density at radius 1 is 1.12 bits per heavy atom. The average molecular weight is 378 g/mol. The zero-order valence-corrected chi connectivity index (χ0v) is 15.2. The summed E-state index contributed by atoms with van der Waals surface area (Å²) in [6.45, 7) is 2.76. The van der Waals surface area contributed by atoms with Crippen molar-refractivity contribution in [3.63, 3.8) is 0 Å². The zero-order valence-electron chi connectivity index (χ0n) is 14.3. The number of aliphatic hydroxyl groups is 1. The summed E-state index contributed by atoms with van der Waals surface area (Å²) in [5.41, 5.74) is 1.66. The molecule has 0 spiro atoms. The maximum absolute atomic E-state index is 12.8. The van der Waals surface area contributed by atoms with Crippen LogP contribution < -0.4 is 10.2 Å². The molecule has 0 aliphatic rings. The Bertz CT molecular complexity index is 1020. The number of nitrogens with zero attached hydrogens (tertiary/aromatic N) is 1. The van der Waals surface area contributed by atoms with E-state index in [4.69, 9.17) is 20.4 Å². The van der Waals surface area contributed by atoms with Crippen LogP contribution in [-0.4, -0.2) is 45.0 Å². The molecule has 0 fully saturated rings. The fourth-order valence-electron chi connectivity index (χ4n) is 2.83. The van der Waals surface area contributed by atoms with E-state index in [9.17, 15) is 9.90 Å². The number of quaternary nitrogens is 1. The lowest BCUT2D eigenvalue weighted by Crippen LogP contribution is -2.45. The summed E-state index contributed by atoms with van der Waals surface area (Å²) in [5, 5.41) is 37.5. The number of rotatable bonds is 5. The van der Waals surface area contributed by atoms with Crippen LogP contribution in [0.4, 0.5) is 0 Å². The summed E-state index contributed by atoms with van der Waals surface area (Å²) in [6.07, 6.45) is -1.31. The Hall–Kier alpha value is -2.07. The van der Waals surface area contributed by atoms with Crippen LogP contribution in [0.3, 0.4) is 0 Å². The molecular weight excluding hydrogens is 358 g/mol. The van der Waals surface area contributed by atoms with Crippen molar-refractivity contribution >= 4 is 31.5 Å². The van der Waals surface area contributed by atoms with Gasteiger partial charge in [-0.05, 0) is 43.2 Å². The molecule has 7 nitrogen and oxygen atoms in total. The van der Waals surface area contributed by atoms with Crippen LogP contribution in [0.1, 0.15) is 11.1 Å². The quantitative estimate of drug-likeness (QED) is 0.309. The summed E-state index contributed by atoms with van der Waals surface area (Å²) in [6, 6.07) is 9.07. The Balaban J connectivity index is 2.02. The smallest absolute Gasteiger partial charge is 0.206 e. The lowest BCUT2D eigenvalue weighted by Gasteiger charge is -2.18. The first-order valence-corrected chi connectivity index (χ1v) is 8.82. The molecule has 1 heterocycles. The molecule has 1 aromatic heterocycles. The van der Waals surface area contributed by atoms with Crippen molar-refractivity contribution in [2.45, 2.75) is 20.0 Å². The van der Waals surface area contributed by atoms with Gasteiger partial charge < -0.3 is 9.84 Å². The predicted molar refractivity (Wildman–Crippen MR) is 97.1 cm³/mol. The monoisotopic (exact) mass is 378 g/mol. The van der Waals surface area contributed by atoms with Gasteiger partial charge in [0, 0.05) is 20.2 Å². The van der Waals surface area contributed by atoms with Gasteiger partial charge in [0.15, 0.2) is 5.43 Å². The number of benzene rings is 2. The van der Waals surface area contributed by atoms with Gasteiger partial charge in [0.1, 0.15) is 18.5 Å². The van der Waals surface area contributed by atoms with E-state index >= 15 is 0 Å². The Morgan fingerprint density at radius 2 is 1.81 bits per heavy atom. The van der Waals surface area contributed by atoms with E-state index in [-0.39, 0.29) is 12.0 Å². The summed E-state index contributed by atoms with van der Waals surface area (Å²) >= 11 is 1.54. The normalized spacial score (nSPS) is 13.3. The van der Waals surface area contributed by atoms with Gasteiger partial charge in [0.25, 0.3) is 0 Å². The lowest BCUT2D eigenvalue weighted by molar-refractivity contribution is -1.37. The molecule has 3 aromatic rings. The molecule has 138 valence electrons. The minimum Gasteiger partial charge on any atom is -0.490 e. The van der Waals surface area contributed by atoms with Gasteiger partial charge in [-0.2, -0.15) is 0 Å². The van der Waals surface area contributed by atoms with E-state index in [2.05, 4.69) is 0 Å². The van der Waals surface area contributed by atoms with Crippen molar-refractivity contribution in [1.29, 1.82) is 0 Å². The van der Waals surface area contributed by atoms with Crippen LogP contribution in [0.5, 0.6) is 5.75 Å². The van der Waals surface area contributed by atoms with E-state index in [1.807, 2.05) is 32.0 Å². The fourth-order valence-corrected chi connectivity index (χ4v) is 4.04. The number of hydrogen-bond donors (Lipinski definition) is 4. The van der Waals surface area contributed by atoms with Gasteiger partial charge in [0.05, 0.1) is 4.97 Å². The first-order valence-electron chi connectivity index (χ1n) is 8.00. The topological polar surface area (TPSA) is 107 Å². The van der Waals surface area contributed by atoms with Crippen molar-refractivity contribution < 1.29 is 30.4 Å². The summed E-state index contributed by atoms with van der Waals surface area (Å²) in [7, 11) is 0. The third-order valence-corrected chi connectivity index (χ3v) is 5.57. The minimum atomic E-state index is -2.33. The maximum atomic E-state index is 12.8. The summed E-state index contributed by atoms with van der Waals surface area (Å²) in [5.74, 6) is 0.431. The summed E-state index contributed by atoms with van der Waals surface area (Å²) < 4.78 is 7.37. The molecule has 0 aliphatic heterocycles. The molecule has 0 radical (unpaired) electrons. The third-order valence-electron chi connectivity index (χ3n) is 4.27. The van der Waals surface area contributed by atoms with Crippen LogP contribution in [-0.2, 0) is 0 Å². The van der Waals surface area contributed by atoms with Gasteiger partial charge in [0.2, 0.25) is 6.54 Å². The molecule has 0 saturated heterocycles. The second-order valence-electron chi connectivity index (χ2n) is 6.27. The molecule has 0 saturated carbocycles. The van der Waals surface area contributed by atoms with Gasteiger partial charge in [-0.25, -0.2) is 0 Å². The average Bonchev–Trinajstić information content (AvgIpc) is 2.56. The van der Waals surface area contributed by atoms with Gasteiger partial charge in [-0.1, -0.05) is 12.1 Å². The number of hydrogen-bond acceptors (Lipinski definition) is 7. The first kappa shape index (κ1) is 18.7. The molecule has 1 atom stereocenters. The molecule has 2 aromatic carbocycles. The van der Waals surface area contributed by atoms with Crippen LogP contribution in [0.15, 0.2) is 35.1 Å². The van der Waals surface area contributed by atoms with Crippen LogP contribution in [0.2, 0.25) is 0 Å². The van der Waals surface area contributed by atoms with Crippen molar-refractivity contribution in [3.05, 3.63) is 51.7 Å². The first-order chi connectivity index (χ1) is 12.2. The molecule has 8 heteroatoms. The molecular formula is C18H20NO6S+. The highest BCUT2D eigenvalue weighted by Gasteiger charge is 2.25. The Morgan fingerprint density at radius 3 is 2.50 bits per heavy atom. The van der Waals surface area contributed by atoms with Crippen molar-refractivity contribution in [2.24, 2.45) is 0 Å². The third kappa shape index (κ3) is 3.70. The second kappa shape index (κ2) is 6.92. The molecule has 4 N–H and O–H groups in total. The van der Waals surface area contributed by atoms with E-state index in [1.165, 1.54) is 0 Å². The number of aliphatic hydroxyl groups excluding tert-OH is 1. The highest BCUT2D eigenvalue weighted by Crippen LogP contribution is 2.33. The van der Waals surface area contributed by atoms with E-state index in [0.717, 1.165) is 20.5 Å². The predicted octanol–water partition coefficient (Wildman–Crippen LogP) is 2.76. The number of hydroxylamine groups is 3. The van der Waals surface area contributed by atoms with Crippen LogP contribution >= 0.6 is 11.3 Å². The van der Waals surface area contributed by atoms with E-state index in [1.54, 1.807) is 23.5 Å². The lowest BCUT2D eigenvalue weighted by atomic mass is 10.1. The van der Waals surface area contributed by atoms with E-state index in [0.29, 0.717) is 16.5 Å². The zero-order chi connectivity index (χ0) is 19.1. The van der Waals surface area contributed by atoms with Crippen molar-refractivity contribution in [2.75, 3.05) is 13.2 Å². The van der Waals surface area contributed by atoms with E-state index < -0.39 is 17.6 Å². The van der Waals surface area contributed by atoms with Crippen LogP contribution in [0.25, 0.3) is 20.2 Å². The Kier molecular flexibility index (Phi) is 4.98. The molecule has 1 unspecified atom stereocenters. The molecule has 0 amide bonds. The van der Waals surface area contributed by atoms with Crippen LogP contribution in [0, 0.1) is 13.8 Å². The maximum Gasteiger partial charge on any atom is 0.206 e. The number of aryl methyl sites for hydroxylation is 1. The number of ether oxygens (including phenoxy) is 1. The fraction of sp³-hybridized carbons (Fsp3) is 0.278. The Labute approximate surface area is 153 Å². The van der Waals surface area contributed by atoms with Crippen molar-refractivity contribution in [3.8, 4) is 5.75 Å². The molecule has 0 aliphatic carbocycles. The van der Waals surface area contributed by atoms with Gasteiger partial charge in [-0.15, -0.1) is 27.0 Å². The number of fused-ring (bicyclic) bond motifs is 2. The molecule has 0 bridgehead atoms. The molecule has 3 rings (SSSR count). The standard InChI is InChI=1S/C18H20NO6S/c1-10-11(2)18-14(17(21)13-5-3-4-6-16(13)26-18)7-15(10)25-9-12(20)8-19(22,23)24/h3-7,12,20,22-24H,8-9H2,1-2H3/q+1. The van der Waals surface area contributed by atoms with Gasteiger partial charge in [-0.3, -0.25) is 4.79 Å². The summed E-state index contributed by atoms with van der Waals surface area (Å²) in [4.78, 5) is 10.5. The minimum absolute atomic E-state index is 0.0837. The van der Waals surface area contributed by atoms with Gasteiger partial charge >= 0.3 is 0 Å². The largest absolute Gasteiger partial charge is 0.490 e. The molecule has 26 heavy (non-hydrogen) atoms. The highest BCUT2D eigenvalue weighted by molar-refractivity contribution is 7.24.